The van der Waals surface area contributed by atoms with Crippen molar-refractivity contribution in [2.75, 3.05) is 11.9 Å². The molecule has 22 heavy (non-hydrogen) atoms. The van der Waals surface area contributed by atoms with Crippen LogP contribution in [0.15, 0.2) is 17.5 Å². The fourth-order valence-electron chi connectivity index (χ4n) is 2.59. The Bertz CT molecular complexity index is 719. The summed E-state index contributed by atoms with van der Waals surface area (Å²) in [5.74, 6) is 0.419. The number of carbonyl (C=O) groups is 2. The topological polar surface area (TPSA) is 62.3 Å². The minimum atomic E-state index is -0.119. The van der Waals surface area contributed by atoms with Crippen LogP contribution in [0.2, 0.25) is 0 Å². The van der Waals surface area contributed by atoms with Crippen LogP contribution in [0.1, 0.15) is 33.1 Å². The molecule has 3 heterocycles. The largest absolute Gasteiger partial charge is 0.337 e. The van der Waals surface area contributed by atoms with Crippen molar-refractivity contribution >= 4 is 39.6 Å². The van der Waals surface area contributed by atoms with Crippen molar-refractivity contribution < 1.29 is 9.59 Å². The van der Waals surface area contributed by atoms with E-state index in [2.05, 4.69) is 10.3 Å². The molecular formula is C15H15N3O2S2. The SMILES string of the molecule is O=C(Nc1nc2c(s1)CN(C(=O)C1CC1)CC2)c1cccs1. The normalized spacial score (nSPS) is 17.2. The lowest BCUT2D eigenvalue weighted by molar-refractivity contribution is -0.133. The van der Waals surface area contributed by atoms with Gasteiger partial charge in [0.15, 0.2) is 5.13 Å². The average molecular weight is 333 g/mol. The first-order chi connectivity index (χ1) is 10.7. The van der Waals surface area contributed by atoms with E-state index in [1.54, 1.807) is 6.07 Å². The van der Waals surface area contributed by atoms with Crippen LogP contribution >= 0.6 is 22.7 Å². The molecule has 2 aromatic heterocycles. The molecule has 1 aliphatic carbocycles. The molecule has 2 amide bonds. The molecule has 0 saturated heterocycles. The van der Waals surface area contributed by atoms with Gasteiger partial charge in [-0.25, -0.2) is 4.98 Å². The smallest absolute Gasteiger partial charge is 0.267 e. The maximum Gasteiger partial charge on any atom is 0.267 e. The highest BCUT2D eigenvalue weighted by Gasteiger charge is 2.35. The number of anilines is 1. The Hall–Kier alpha value is -1.73. The summed E-state index contributed by atoms with van der Waals surface area (Å²) >= 11 is 2.89. The van der Waals surface area contributed by atoms with Crippen molar-refractivity contribution in [2.45, 2.75) is 25.8 Å². The lowest BCUT2D eigenvalue weighted by atomic mass is 10.1. The van der Waals surface area contributed by atoms with Gasteiger partial charge >= 0.3 is 0 Å². The van der Waals surface area contributed by atoms with Crippen molar-refractivity contribution in [3.8, 4) is 0 Å². The summed E-state index contributed by atoms with van der Waals surface area (Å²) in [5.41, 5.74) is 1.02. The summed E-state index contributed by atoms with van der Waals surface area (Å²) in [4.78, 5) is 32.4. The molecule has 7 heteroatoms. The van der Waals surface area contributed by atoms with E-state index in [0.29, 0.717) is 16.6 Å². The van der Waals surface area contributed by atoms with Gasteiger partial charge in [-0.2, -0.15) is 0 Å². The minimum absolute atomic E-state index is 0.119. The predicted octanol–water partition coefficient (Wildman–Crippen LogP) is 2.75. The Labute approximate surface area is 136 Å². The van der Waals surface area contributed by atoms with Gasteiger partial charge < -0.3 is 4.90 Å². The lowest BCUT2D eigenvalue weighted by Gasteiger charge is -2.26. The van der Waals surface area contributed by atoms with Crippen LogP contribution < -0.4 is 5.32 Å². The molecule has 1 fully saturated rings. The Morgan fingerprint density at radius 2 is 2.23 bits per heavy atom. The number of fused-ring (bicyclic) bond motifs is 1. The molecule has 1 N–H and O–H groups in total. The van der Waals surface area contributed by atoms with E-state index in [1.165, 1.54) is 22.7 Å². The number of nitrogens with one attached hydrogen (secondary N) is 1. The lowest BCUT2D eigenvalue weighted by Crippen LogP contribution is -2.36. The van der Waals surface area contributed by atoms with Gasteiger partial charge in [0, 0.05) is 23.8 Å². The van der Waals surface area contributed by atoms with Crippen molar-refractivity contribution in [3.63, 3.8) is 0 Å². The van der Waals surface area contributed by atoms with Crippen molar-refractivity contribution in [1.82, 2.24) is 9.88 Å². The summed E-state index contributed by atoms with van der Waals surface area (Å²) in [6.07, 6.45) is 2.85. The number of nitrogens with zero attached hydrogens (tertiary/aromatic N) is 2. The van der Waals surface area contributed by atoms with Gasteiger partial charge in [0.05, 0.1) is 17.1 Å². The first kappa shape index (κ1) is 13.9. The Morgan fingerprint density at radius 1 is 1.36 bits per heavy atom. The van der Waals surface area contributed by atoms with Crippen LogP contribution in [0.5, 0.6) is 0 Å². The molecule has 0 aromatic carbocycles. The molecule has 5 nitrogen and oxygen atoms in total. The first-order valence-corrected chi connectivity index (χ1v) is 9.02. The zero-order chi connectivity index (χ0) is 15.1. The number of aromatic nitrogens is 1. The van der Waals surface area contributed by atoms with Gasteiger partial charge in [-0.1, -0.05) is 17.4 Å². The second-order valence-electron chi connectivity index (χ2n) is 5.60. The molecule has 1 saturated carbocycles. The van der Waals surface area contributed by atoms with Crippen LogP contribution in [0, 0.1) is 5.92 Å². The zero-order valence-corrected chi connectivity index (χ0v) is 13.5. The summed E-state index contributed by atoms with van der Waals surface area (Å²) in [5, 5.41) is 5.36. The summed E-state index contributed by atoms with van der Waals surface area (Å²) in [6, 6.07) is 3.65. The van der Waals surface area contributed by atoms with Crippen LogP contribution in [-0.2, 0) is 17.8 Å². The highest BCUT2D eigenvalue weighted by atomic mass is 32.1. The van der Waals surface area contributed by atoms with E-state index in [0.717, 1.165) is 36.4 Å². The summed E-state index contributed by atoms with van der Waals surface area (Å²) in [7, 11) is 0. The average Bonchev–Trinajstić information content (AvgIpc) is 3.07. The van der Waals surface area contributed by atoms with Gasteiger partial charge in [-0.15, -0.1) is 11.3 Å². The maximum absolute atomic E-state index is 12.2. The predicted molar refractivity (Wildman–Crippen MR) is 86.2 cm³/mol. The van der Waals surface area contributed by atoms with Crippen molar-refractivity contribution in [3.05, 3.63) is 33.0 Å². The van der Waals surface area contributed by atoms with E-state index in [9.17, 15) is 9.59 Å². The fraction of sp³-hybridized carbons (Fsp3) is 0.400. The number of rotatable bonds is 3. The summed E-state index contributed by atoms with van der Waals surface area (Å²) < 4.78 is 0. The van der Waals surface area contributed by atoms with Crippen molar-refractivity contribution in [2.24, 2.45) is 5.92 Å². The van der Waals surface area contributed by atoms with Crippen LogP contribution in [-0.4, -0.2) is 28.2 Å². The van der Waals surface area contributed by atoms with E-state index in [1.807, 2.05) is 16.3 Å². The monoisotopic (exact) mass is 333 g/mol. The Kier molecular flexibility index (Phi) is 3.46. The van der Waals surface area contributed by atoms with Crippen molar-refractivity contribution in [1.29, 1.82) is 0 Å². The van der Waals surface area contributed by atoms with E-state index < -0.39 is 0 Å². The van der Waals surface area contributed by atoms with E-state index in [-0.39, 0.29) is 17.7 Å². The molecule has 2 aromatic rings. The fourth-order valence-corrected chi connectivity index (χ4v) is 4.23. The van der Waals surface area contributed by atoms with Gasteiger partial charge in [0.25, 0.3) is 5.91 Å². The molecular weight excluding hydrogens is 318 g/mol. The number of hydrogen-bond acceptors (Lipinski definition) is 5. The molecule has 0 radical (unpaired) electrons. The first-order valence-electron chi connectivity index (χ1n) is 7.33. The highest BCUT2D eigenvalue weighted by molar-refractivity contribution is 7.16. The van der Waals surface area contributed by atoms with E-state index in [4.69, 9.17) is 0 Å². The summed E-state index contributed by atoms with van der Waals surface area (Å²) in [6.45, 7) is 1.38. The number of carbonyl (C=O) groups excluding carboxylic acids is 2. The number of thiazole rings is 1. The van der Waals surface area contributed by atoms with Crippen LogP contribution in [0.25, 0.3) is 0 Å². The van der Waals surface area contributed by atoms with Gasteiger partial charge in [-0.05, 0) is 24.3 Å². The van der Waals surface area contributed by atoms with Gasteiger partial charge in [0.2, 0.25) is 5.91 Å². The quantitative estimate of drug-likeness (QED) is 0.939. The van der Waals surface area contributed by atoms with Gasteiger partial charge in [-0.3, -0.25) is 14.9 Å². The third kappa shape index (κ3) is 2.66. The second-order valence-corrected chi connectivity index (χ2v) is 7.64. The van der Waals surface area contributed by atoms with Crippen LogP contribution in [0.4, 0.5) is 5.13 Å². The molecule has 0 unspecified atom stereocenters. The number of amides is 2. The second kappa shape index (κ2) is 5.48. The number of hydrogen-bond donors (Lipinski definition) is 1. The third-order valence-corrected chi connectivity index (χ3v) is 5.80. The highest BCUT2D eigenvalue weighted by Crippen LogP contribution is 2.34. The maximum atomic E-state index is 12.2. The number of thiophene rings is 1. The minimum Gasteiger partial charge on any atom is -0.337 e. The molecule has 2 aliphatic rings. The molecule has 0 spiro atoms. The Balaban J connectivity index is 1.46. The molecule has 0 atom stereocenters. The van der Waals surface area contributed by atoms with E-state index >= 15 is 0 Å². The molecule has 0 bridgehead atoms. The Morgan fingerprint density at radius 3 is 2.95 bits per heavy atom. The third-order valence-electron chi connectivity index (χ3n) is 3.93. The zero-order valence-electron chi connectivity index (χ0n) is 11.9. The molecule has 4 rings (SSSR count). The van der Waals surface area contributed by atoms with Crippen LogP contribution in [0.3, 0.4) is 0 Å². The van der Waals surface area contributed by atoms with Gasteiger partial charge in [0.1, 0.15) is 0 Å². The molecule has 1 aliphatic heterocycles. The molecule has 114 valence electrons. The standard InChI is InChI=1S/C15H15N3O2S2/c19-13(11-2-1-7-21-11)17-15-16-10-5-6-18(8-12(10)22-15)14(20)9-3-4-9/h1-2,7,9H,3-6,8H2,(H,16,17,19).